The molecular weight excluding hydrogens is 306 g/mol. The SMILES string of the molecule is Cc1ccc2c(Cn3c(C)nn(C(C)(C)C)c3=O)cc(=O)oc2c1. The molecule has 2 heterocycles. The van der Waals surface area contributed by atoms with Crippen LogP contribution in [0.4, 0.5) is 0 Å². The maximum absolute atomic E-state index is 12.7. The lowest BCUT2D eigenvalue weighted by molar-refractivity contribution is 0.340. The van der Waals surface area contributed by atoms with Crippen molar-refractivity contribution in [2.45, 2.75) is 46.7 Å². The van der Waals surface area contributed by atoms with Crippen LogP contribution in [0.1, 0.15) is 37.7 Å². The second-order valence-electron chi connectivity index (χ2n) is 7.09. The van der Waals surface area contributed by atoms with E-state index in [2.05, 4.69) is 5.10 Å². The molecule has 0 amide bonds. The van der Waals surface area contributed by atoms with Crippen molar-refractivity contribution in [3.63, 3.8) is 0 Å². The first-order valence-electron chi connectivity index (χ1n) is 7.87. The van der Waals surface area contributed by atoms with Crippen molar-refractivity contribution in [2.75, 3.05) is 0 Å². The van der Waals surface area contributed by atoms with E-state index in [1.54, 1.807) is 11.5 Å². The van der Waals surface area contributed by atoms with Crippen LogP contribution in [0, 0.1) is 13.8 Å². The number of benzene rings is 1. The molecule has 0 fully saturated rings. The lowest BCUT2D eigenvalue weighted by Crippen LogP contribution is -2.36. The van der Waals surface area contributed by atoms with Gasteiger partial charge in [0.15, 0.2) is 0 Å². The molecule has 6 heteroatoms. The summed E-state index contributed by atoms with van der Waals surface area (Å²) in [5, 5.41) is 5.19. The molecule has 0 aliphatic heterocycles. The van der Waals surface area contributed by atoms with Gasteiger partial charge in [0.2, 0.25) is 0 Å². The van der Waals surface area contributed by atoms with Crippen LogP contribution in [-0.2, 0) is 12.1 Å². The zero-order valence-electron chi connectivity index (χ0n) is 14.6. The van der Waals surface area contributed by atoms with Crippen molar-refractivity contribution in [1.82, 2.24) is 14.3 Å². The average molecular weight is 327 g/mol. The quantitative estimate of drug-likeness (QED) is 0.678. The summed E-state index contributed by atoms with van der Waals surface area (Å²) in [6, 6.07) is 7.14. The highest BCUT2D eigenvalue weighted by atomic mass is 16.4. The third-order valence-corrected chi connectivity index (χ3v) is 4.00. The summed E-state index contributed by atoms with van der Waals surface area (Å²) >= 11 is 0. The highest BCUT2D eigenvalue weighted by molar-refractivity contribution is 5.80. The molecule has 0 aliphatic carbocycles. The van der Waals surface area contributed by atoms with E-state index in [1.165, 1.54) is 10.7 Å². The molecule has 0 spiro atoms. The molecule has 0 unspecified atom stereocenters. The van der Waals surface area contributed by atoms with Crippen LogP contribution >= 0.6 is 0 Å². The third-order valence-electron chi connectivity index (χ3n) is 4.00. The molecule has 0 saturated carbocycles. The van der Waals surface area contributed by atoms with Crippen molar-refractivity contribution >= 4 is 11.0 Å². The topological polar surface area (TPSA) is 70.0 Å². The zero-order valence-corrected chi connectivity index (χ0v) is 14.6. The standard InChI is InChI=1S/C18H21N3O3/c1-11-6-7-14-13(9-16(22)24-15(14)8-11)10-20-12(2)19-21(17(20)23)18(3,4)5/h6-9H,10H2,1-5H3. The summed E-state index contributed by atoms with van der Waals surface area (Å²) < 4.78 is 8.33. The van der Waals surface area contributed by atoms with Gasteiger partial charge in [-0.15, -0.1) is 0 Å². The first-order chi connectivity index (χ1) is 11.2. The van der Waals surface area contributed by atoms with E-state index in [0.29, 0.717) is 11.4 Å². The van der Waals surface area contributed by atoms with Crippen LogP contribution < -0.4 is 11.3 Å². The van der Waals surface area contributed by atoms with Crippen molar-refractivity contribution in [3.05, 3.63) is 62.1 Å². The van der Waals surface area contributed by atoms with Gasteiger partial charge < -0.3 is 4.42 Å². The fourth-order valence-corrected chi connectivity index (χ4v) is 2.75. The Morgan fingerprint density at radius 2 is 1.83 bits per heavy atom. The maximum atomic E-state index is 12.7. The second kappa shape index (κ2) is 5.47. The van der Waals surface area contributed by atoms with Crippen LogP contribution in [0.15, 0.2) is 38.3 Å². The molecule has 0 radical (unpaired) electrons. The fourth-order valence-electron chi connectivity index (χ4n) is 2.75. The lowest BCUT2D eigenvalue weighted by atomic mass is 10.1. The van der Waals surface area contributed by atoms with E-state index in [9.17, 15) is 9.59 Å². The van der Waals surface area contributed by atoms with Gasteiger partial charge in [0, 0.05) is 11.5 Å². The second-order valence-corrected chi connectivity index (χ2v) is 7.09. The molecule has 0 bridgehead atoms. The Hall–Kier alpha value is -2.63. The molecule has 1 aromatic carbocycles. The largest absolute Gasteiger partial charge is 0.423 e. The molecule has 3 rings (SSSR count). The zero-order chi connectivity index (χ0) is 17.6. The van der Waals surface area contributed by atoms with E-state index < -0.39 is 11.2 Å². The number of nitrogens with zero attached hydrogens (tertiary/aromatic N) is 3. The van der Waals surface area contributed by atoms with Gasteiger partial charge in [0.25, 0.3) is 0 Å². The predicted octanol–water partition coefficient (Wildman–Crippen LogP) is 2.57. The van der Waals surface area contributed by atoms with Gasteiger partial charge in [-0.1, -0.05) is 12.1 Å². The Morgan fingerprint density at radius 1 is 1.12 bits per heavy atom. The Labute approximate surface area is 139 Å². The molecule has 126 valence electrons. The molecule has 3 aromatic rings. The van der Waals surface area contributed by atoms with E-state index >= 15 is 0 Å². The first-order valence-corrected chi connectivity index (χ1v) is 7.87. The Kier molecular flexibility index (Phi) is 3.70. The smallest absolute Gasteiger partial charge is 0.346 e. The first kappa shape index (κ1) is 16.2. The number of rotatable bonds is 2. The minimum atomic E-state index is -0.419. The van der Waals surface area contributed by atoms with E-state index in [4.69, 9.17) is 4.42 Å². The van der Waals surface area contributed by atoms with Crippen LogP contribution in [0.5, 0.6) is 0 Å². The van der Waals surface area contributed by atoms with E-state index in [-0.39, 0.29) is 12.2 Å². The number of aromatic nitrogens is 3. The number of hydrogen-bond acceptors (Lipinski definition) is 4. The highest BCUT2D eigenvalue weighted by Crippen LogP contribution is 2.19. The molecule has 0 aliphatic rings. The maximum Gasteiger partial charge on any atom is 0.346 e. The van der Waals surface area contributed by atoms with Gasteiger partial charge >= 0.3 is 11.3 Å². The molecule has 2 aromatic heterocycles. The summed E-state index contributed by atoms with van der Waals surface area (Å²) in [4.78, 5) is 24.5. The summed E-state index contributed by atoms with van der Waals surface area (Å²) in [6.07, 6.45) is 0. The van der Waals surface area contributed by atoms with Gasteiger partial charge in [-0.25, -0.2) is 14.3 Å². The van der Waals surface area contributed by atoms with Gasteiger partial charge in [-0.2, -0.15) is 5.10 Å². The Balaban J connectivity index is 2.17. The highest BCUT2D eigenvalue weighted by Gasteiger charge is 2.21. The fraction of sp³-hybridized carbons (Fsp3) is 0.389. The molecule has 0 N–H and O–H groups in total. The van der Waals surface area contributed by atoms with Gasteiger partial charge in [0.1, 0.15) is 11.4 Å². The lowest BCUT2D eigenvalue weighted by Gasteiger charge is -2.16. The molecule has 6 nitrogen and oxygen atoms in total. The van der Waals surface area contributed by atoms with Crippen LogP contribution in [-0.4, -0.2) is 14.3 Å². The number of aryl methyl sites for hydroxylation is 2. The predicted molar refractivity (Wildman–Crippen MR) is 92.5 cm³/mol. The minimum absolute atomic E-state index is 0.187. The summed E-state index contributed by atoms with van der Waals surface area (Å²) in [7, 11) is 0. The minimum Gasteiger partial charge on any atom is -0.423 e. The molecule has 0 saturated heterocycles. The van der Waals surface area contributed by atoms with Gasteiger partial charge in [-0.3, -0.25) is 4.57 Å². The van der Waals surface area contributed by atoms with Crippen LogP contribution in [0.25, 0.3) is 11.0 Å². The molecule has 0 atom stereocenters. The van der Waals surface area contributed by atoms with Crippen molar-refractivity contribution in [3.8, 4) is 0 Å². The molecule has 24 heavy (non-hydrogen) atoms. The summed E-state index contributed by atoms with van der Waals surface area (Å²) in [5.74, 6) is 0.614. The Morgan fingerprint density at radius 3 is 2.46 bits per heavy atom. The van der Waals surface area contributed by atoms with Crippen LogP contribution in [0.2, 0.25) is 0 Å². The van der Waals surface area contributed by atoms with E-state index in [1.807, 2.05) is 45.9 Å². The van der Waals surface area contributed by atoms with Crippen LogP contribution in [0.3, 0.4) is 0 Å². The molecular formula is C18H21N3O3. The van der Waals surface area contributed by atoms with Crippen molar-refractivity contribution < 1.29 is 4.42 Å². The Bertz CT molecular complexity index is 1030. The number of fused-ring (bicyclic) bond motifs is 1. The average Bonchev–Trinajstić information content (AvgIpc) is 2.74. The monoisotopic (exact) mass is 327 g/mol. The summed E-state index contributed by atoms with van der Waals surface area (Å²) in [5.41, 5.74) is 1.29. The van der Waals surface area contributed by atoms with E-state index in [0.717, 1.165) is 16.5 Å². The van der Waals surface area contributed by atoms with Gasteiger partial charge in [-0.05, 0) is 51.8 Å². The normalized spacial score (nSPS) is 12.0. The van der Waals surface area contributed by atoms with Crippen molar-refractivity contribution in [2.24, 2.45) is 0 Å². The van der Waals surface area contributed by atoms with Crippen molar-refractivity contribution in [1.29, 1.82) is 0 Å². The third kappa shape index (κ3) is 2.79. The number of hydrogen-bond donors (Lipinski definition) is 0. The summed E-state index contributed by atoms with van der Waals surface area (Å²) in [6.45, 7) is 9.81. The van der Waals surface area contributed by atoms with Gasteiger partial charge in [0.05, 0.1) is 12.1 Å².